The van der Waals surface area contributed by atoms with Crippen molar-refractivity contribution in [3.63, 3.8) is 0 Å². The zero-order valence-electron chi connectivity index (χ0n) is 17.0. The van der Waals surface area contributed by atoms with Crippen molar-refractivity contribution in [2.45, 2.75) is 32.0 Å². The Morgan fingerprint density at radius 3 is 2.71 bits per heavy atom. The van der Waals surface area contributed by atoms with E-state index >= 15 is 0 Å². The second kappa shape index (κ2) is 7.77. The number of carbonyl (C=O) groups excluding carboxylic acids is 2. The molecule has 8 nitrogen and oxygen atoms in total. The number of rotatable bonds is 5. The maximum atomic E-state index is 13.9. The van der Waals surface area contributed by atoms with Crippen molar-refractivity contribution in [3.05, 3.63) is 62.6 Å². The average Bonchev–Trinajstić information content (AvgIpc) is 3.05. The van der Waals surface area contributed by atoms with Crippen LogP contribution in [0.2, 0.25) is 0 Å². The summed E-state index contributed by atoms with van der Waals surface area (Å²) >= 11 is 0. The molecule has 0 spiro atoms. The van der Waals surface area contributed by atoms with Gasteiger partial charge in [-0.05, 0) is 19.0 Å². The van der Waals surface area contributed by atoms with Crippen LogP contribution in [0.25, 0.3) is 0 Å². The van der Waals surface area contributed by atoms with E-state index in [2.05, 4.69) is 10.6 Å². The van der Waals surface area contributed by atoms with Crippen molar-refractivity contribution in [1.82, 2.24) is 20.1 Å². The van der Waals surface area contributed by atoms with Gasteiger partial charge in [-0.1, -0.05) is 13.0 Å². The molecule has 2 amide bonds. The fraction of sp³-hybridized carbons (Fsp3) is 0.381. The maximum Gasteiger partial charge on any atom is 0.274 e. The Morgan fingerprint density at radius 1 is 1.29 bits per heavy atom. The van der Waals surface area contributed by atoms with E-state index in [1.165, 1.54) is 11.0 Å². The number of nitrogens with zero attached hydrogens (tertiary/aromatic N) is 2. The highest BCUT2D eigenvalue weighted by Crippen LogP contribution is 2.41. The van der Waals surface area contributed by atoms with Crippen LogP contribution in [0, 0.1) is 11.6 Å². The average molecular weight is 432 g/mol. The quantitative estimate of drug-likeness (QED) is 0.664. The number of amides is 2. The fourth-order valence-corrected chi connectivity index (χ4v) is 4.42. The summed E-state index contributed by atoms with van der Waals surface area (Å²) in [5, 5.41) is 16.2. The number of aromatic nitrogens is 1. The van der Waals surface area contributed by atoms with Crippen molar-refractivity contribution < 1.29 is 23.5 Å². The van der Waals surface area contributed by atoms with Gasteiger partial charge in [0.05, 0.1) is 17.8 Å². The van der Waals surface area contributed by atoms with Crippen LogP contribution in [0.15, 0.2) is 23.0 Å². The molecule has 0 aliphatic carbocycles. The Kier molecular flexibility index (Phi) is 5.26. The first-order chi connectivity index (χ1) is 14.7. The third kappa shape index (κ3) is 3.36. The predicted molar refractivity (Wildman–Crippen MR) is 107 cm³/mol. The van der Waals surface area contributed by atoms with Crippen LogP contribution in [0.3, 0.4) is 0 Å². The van der Waals surface area contributed by atoms with Gasteiger partial charge in [0.25, 0.3) is 11.8 Å². The lowest BCUT2D eigenvalue weighted by Gasteiger charge is -2.32. The second-order valence-electron chi connectivity index (χ2n) is 7.76. The van der Waals surface area contributed by atoms with Crippen LogP contribution >= 0.6 is 0 Å². The number of hydrogen-bond acceptors (Lipinski definition) is 5. The van der Waals surface area contributed by atoms with E-state index < -0.39 is 34.6 Å². The molecule has 0 bridgehead atoms. The summed E-state index contributed by atoms with van der Waals surface area (Å²) in [4.78, 5) is 40.0. The van der Waals surface area contributed by atoms with Crippen molar-refractivity contribution >= 4 is 11.8 Å². The number of pyridine rings is 1. The Morgan fingerprint density at radius 2 is 2.03 bits per heavy atom. The number of nitrogens with one attached hydrogen (secondary N) is 2. The molecule has 10 heteroatoms. The number of aromatic hydroxyl groups is 1. The Labute approximate surface area is 176 Å². The highest BCUT2D eigenvalue weighted by Gasteiger charge is 2.44. The summed E-state index contributed by atoms with van der Waals surface area (Å²) in [7, 11) is 1.59. The molecule has 0 radical (unpaired) electrons. The Hall–Kier alpha value is -3.27. The van der Waals surface area contributed by atoms with Crippen molar-refractivity contribution in [2.75, 3.05) is 20.1 Å². The Balaban J connectivity index is 1.78. The van der Waals surface area contributed by atoms with Crippen LogP contribution in [0.5, 0.6) is 5.75 Å². The highest BCUT2D eigenvalue weighted by molar-refractivity contribution is 6.00. The topological polar surface area (TPSA) is 104 Å². The predicted octanol–water partition coefficient (Wildman–Crippen LogP) is 1.44. The molecular weight excluding hydrogens is 410 g/mol. The monoisotopic (exact) mass is 432 g/mol. The van der Waals surface area contributed by atoms with E-state index in [9.17, 15) is 28.3 Å². The van der Waals surface area contributed by atoms with E-state index in [0.717, 1.165) is 6.07 Å². The number of benzene rings is 1. The molecule has 31 heavy (non-hydrogen) atoms. The molecule has 2 aromatic rings. The molecular formula is C21H22F2N4O4. The lowest BCUT2D eigenvalue weighted by atomic mass is 10.0. The molecule has 0 unspecified atom stereocenters. The molecule has 164 valence electrons. The van der Waals surface area contributed by atoms with Gasteiger partial charge in [0.15, 0.2) is 11.4 Å². The van der Waals surface area contributed by atoms with Crippen LogP contribution in [-0.2, 0) is 6.54 Å². The minimum atomic E-state index is -0.953. The van der Waals surface area contributed by atoms with Crippen LogP contribution in [-0.4, -0.2) is 46.5 Å². The van der Waals surface area contributed by atoms with Crippen LogP contribution in [0.4, 0.5) is 8.78 Å². The van der Waals surface area contributed by atoms with Gasteiger partial charge >= 0.3 is 0 Å². The normalized spacial score (nSPS) is 19.5. The molecule has 2 aliphatic rings. The third-order valence-electron chi connectivity index (χ3n) is 5.79. The summed E-state index contributed by atoms with van der Waals surface area (Å²) in [6.45, 7) is 2.55. The SMILES string of the molecule is CCN[C@@H]1C[C@H]2CN(C)C(=O)c3c(O)c(=O)c(C(=O)NCc4ccc(F)cc4F)c1n32. The van der Waals surface area contributed by atoms with Crippen molar-refractivity contribution in [1.29, 1.82) is 0 Å². The van der Waals surface area contributed by atoms with Gasteiger partial charge in [-0.3, -0.25) is 14.4 Å². The smallest absolute Gasteiger partial charge is 0.274 e. The first-order valence-electron chi connectivity index (χ1n) is 9.96. The third-order valence-corrected chi connectivity index (χ3v) is 5.79. The summed E-state index contributed by atoms with van der Waals surface area (Å²) in [6, 6.07) is 2.40. The first-order valence-corrected chi connectivity index (χ1v) is 9.96. The van der Waals surface area contributed by atoms with E-state index in [4.69, 9.17) is 0 Å². The highest BCUT2D eigenvalue weighted by atomic mass is 19.1. The van der Waals surface area contributed by atoms with Gasteiger partial charge in [0.2, 0.25) is 5.43 Å². The fourth-order valence-electron chi connectivity index (χ4n) is 4.42. The zero-order valence-corrected chi connectivity index (χ0v) is 17.0. The van der Waals surface area contributed by atoms with Crippen molar-refractivity contribution in [2.24, 2.45) is 0 Å². The second-order valence-corrected chi connectivity index (χ2v) is 7.76. The minimum absolute atomic E-state index is 0.0476. The lowest BCUT2D eigenvalue weighted by molar-refractivity contribution is 0.0713. The number of hydrogen-bond donors (Lipinski definition) is 3. The standard InChI is InChI=1S/C21H22F2N4O4/c1-3-24-14-7-12-9-26(2)21(31)17-19(29)18(28)15(16(14)27(12)17)20(30)25-8-10-4-5-11(22)6-13(10)23/h4-6,12,14,24,29H,3,7-9H2,1-2H3,(H,25,30)/t12-,14+/m0/s1. The van der Waals surface area contributed by atoms with E-state index in [0.29, 0.717) is 31.3 Å². The first kappa shape index (κ1) is 21.0. The summed E-state index contributed by atoms with van der Waals surface area (Å²) in [5.74, 6) is -3.64. The van der Waals surface area contributed by atoms with Crippen molar-refractivity contribution in [3.8, 4) is 5.75 Å². The maximum absolute atomic E-state index is 13.9. The number of likely N-dealkylation sites (N-methyl/N-ethyl adjacent to an activating group) is 1. The molecule has 3 N–H and O–H groups in total. The van der Waals surface area contributed by atoms with Crippen LogP contribution in [0.1, 0.15) is 57.5 Å². The Bertz CT molecular complexity index is 1150. The van der Waals surface area contributed by atoms with Gasteiger partial charge in [-0.15, -0.1) is 0 Å². The zero-order chi connectivity index (χ0) is 22.4. The lowest BCUT2D eigenvalue weighted by Crippen LogP contribution is -2.42. The van der Waals surface area contributed by atoms with Gasteiger partial charge in [0.1, 0.15) is 17.2 Å². The van der Waals surface area contributed by atoms with E-state index in [-0.39, 0.29) is 35.4 Å². The molecule has 0 fully saturated rings. The van der Waals surface area contributed by atoms with Gasteiger partial charge in [-0.2, -0.15) is 0 Å². The van der Waals surface area contributed by atoms with Gasteiger partial charge < -0.3 is 25.2 Å². The van der Waals surface area contributed by atoms with Gasteiger partial charge in [0, 0.05) is 31.8 Å². The molecule has 3 heterocycles. The molecule has 1 aromatic heterocycles. The molecule has 4 rings (SSSR count). The number of halogens is 2. The van der Waals surface area contributed by atoms with E-state index in [1.807, 2.05) is 6.92 Å². The summed E-state index contributed by atoms with van der Waals surface area (Å²) < 4.78 is 28.6. The minimum Gasteiger partial charge on any atom is -0.503 e. The molecule has 0 saturated carbocycles. The summed E-state index contributed by atoms with van der Waals surface area (Å²) in [5.41, 5.74) is -0.977. The summed E-state index contributed by atoms with van der Waals surface area (Å²) in [6.07, 6.45) is 0.536. The van der Waals surface area contributed by atoms with Crippen LogP contribution < -0.4 is 16.1 Å². The van der Waals surface area contributed by atoms with E-state index in [1.54, 1.807) is 11.6 Å². The molecule has 2 aliphatic heterocycles. The van der Waals surface area contributed by atoms with Gasteiger partial charge in [-0.25, -0.2) is 8.78 Å². The molecule has 1 aromatic carbocycles. The molecule has 0 saturated heterocycles. The largest absolute Gasteiger partial charge is 0.503 e. The number of carbonyl (C=O) groups is 2. The molecule has 2 atom stereocenters.